The number of hydrogen-bond acceptors (Lipinski definition) is 7. The van der Waals surface area contributed by atoms with Crippen LogP contribution in [0.3, 0.4) is 0 Å². The second-order valence-electron chi connectivity index (χ2n) is 14.6. The monoisotopic (exact) mass is 755 g/mol. The lowest BCUT2D eigenvalue weighted by Gasteiger charge is -2.35. The number of ether oxygens (including phenoxy) is 1. The number of benzene rings is 1. The van der Waals surface area contributed by atoms with Crippen LogP contribution >= 0.6 is 11.3 Å². The lowest BCUT2D eigenvalue weighted by atomic mass is 9.97. The normalized spacial score (nSPS) is 15.1. The molecule has 1 aromatic heterocycles. The second-order valence-corrected chi connectivity index (χ2v) is 15.6. The molecule has 1 atom stereocenters. The number of likely N-dealkylation sites (tertiary alicyclic amines) is 2. The topological polar surface area (TPSA) is 87.9 Å². The standard InChI is InChI=1S/C14H29N.C10H15NOS.C10H11N.C9H17NO2.C2H6/c1-4-8-14(10-9-13(2)3)15-11-6-5-7-12-15;1-3-5-10(12)11-8-6-7-13-9(8)4-2;1-4-9-6-7(2)5-8(3)10(9)11;1-9-2-4-10(5-3-9)8-12-7-6-11;1-2/h13-14H,4-12H2,1-3H3;6-7H,3-5H2,1-2H3,(H,11,12);1,5-6H,11H2,2-3H3;6,9H,2-5,7-8H2,1H3;1-2H3. The zero-order valence-corrected chi connectivity index (χ0v) is 36.3. The molecular formula is C45H78N4O3S. The molecule has 2 aliphatic rings. The molecule has 2 aromatic rings. The van der Waals surface area contributed by atoms with E-state index in [4.69, 9.17) is 16.9 Å². The maximum Gasteiger partial charge on any atom is 0.224 e. The molecule has 2 fully saturated rings. The summed E-state index contributed by atoms with van der Waals surface area (Å²) in [5.41, 5.74) is 10.4. The Hall–Kier alpha value is -2.70. The molecule has 2 aliphatic heterocycles. The summed E-state index contributed by atoms with van der Waals surface area (Å²) in [6.45, 7) is 27.2. The number of nitrogen functional groups attached to an aromatic ring is 1. The van der Waals surface area contributed by atoms with Crippen LogP contribution in [0.2, 0.25) is 0 Å². The van der Waals surface area contributed by atoms with E-state index >= 15 is 0 Å². The summed E-state index contributed by atoms with van der Waals surface area (Å²) in [5, 5.41) is 4.93. The number of rotatable bonds is 14. The van der Waals surface area contributed by atoms with Crippen LogP contribution in [0.25, 0.3) is 0 Å². The van der Waals surface area contributed by atoms with Crippen molar-refractivity contribution >= 4 is 34.9 Å². The molecule has 3 N–H and O–H groups in total. The van der Waals surface area contributed by atoms with Gasteiger partial charge in [0.25, 0.3) is 0 Å². The molecular weight excluding hydrogens is 677 g/mol. The minimum atomic E-state index is 0.121. The van der Waals surface area contributed by atoms with E-state index in [1.807, 2.05) is 58.2 Å². The molecule has 1 unspecified atom stereocenters. The highest BCUT2D eigenvalue weighted by molar-refractivity contribution is 7.10. The van der Waals surface area contributed by atoms with Gasteiger partial charge in [-0.2, -0.15) is 0 Å². The number of amides is 1. The number of nitrogens with zero attached hydrogens (tertiary/aromatic N) is 2. The summed E-state index contributed by atoms with van der Waals surface area (Å²) in [7, 11) is 0. The smallest absolute Gasteiger partial charge is 0.224 e. The van der Waals surface area contributed by atoms with Gasteiger partial charge in [0.15, 0.2) is 0 Å². The largest absolute Gasteiger partial charge is 0.398 e. The highest BCUT2D eigenvalue weighted by Crippen LogP contribution is 2.23. The molecule has 7 nitrogen and oxygen atoms in total. The van der Waals surface area contributed by atoms with E-state index in [1.165, 1.54) is 75.8 Å². The summed E-state index contributed by atoms with van der Waals surface area (Å²) in [5.74, 6) is 4.40. The number of carbonyl (C=O) groups is 2. The van der Waals surface area contributed by atoms with Crippen LogP contribution in [0.15, 0.2) is 23.6 Å². The van der Waals surface area contributed by atoms with Gasteiger partial charge in [-0.25, -0.2) is 0 Å². The average molecular weight is 755 g/mol. The minimum Gasteiger partial charge on any atom is -0.398 e. The Morgan fingerprint density at radius 2 is 1.70 bits per heavy atom. The Bertz CT molecular complexity index is 1260. The van der Waals surface area contributed by atoms with E-state index in [0.29, 0.717) is 13.2 Å². The van der Waals surface area contributed by atoms with Gasteiger partial charge in [-0.1, -0.05) is 80.2 Å². The highest BCUT2D eigenvalue weighted by Gasteiger charge is 2.19. The number of nitrogens with one attached hydrogen (secondary N) is 1. The van der Waals surface area contributed by atoms with Crippen molar-refractivity contribution in [2.24, 2.45) is 11.8 Å². The first kappa shape index (κ1) is 50.3. The third-order valence-electron chi connectivity index (χ3n) is 9.45. The Morgan fingerprint density at radius 3 is 2.25 bits per heavy atom. The van der Waals surface area contributed by atoms with Gasteiger partial charge >= 0.3 is 0 Å². The molecule has 3 heterocycles. The minimum absolute atomic E-state index is 0.121. The zero-order chi connectivity index (χ0) is 40.0. The van der Waals surface area contributed by atoms with Gasteiger partial charge in [0, 0.05) is 36.0 Å². The maximum atomic E-state index is 11.3. The van der Waals surface area contributed by atoms with E-state index in [-0.39, 0.29) is 12.5 Å². The number of piperidine rings is 2. The molecule has 0 radical (unpaired) electrons. The molecule has 53 heavy (non-hydrogen) atoms. The van der Waals surface area contributed by atoms with E-state index in [0.717, 1.165) is 78.2 Å². The van der Waals surface area contributed by atoms with Gasteiger partial charge in [0.05, 0.1) is 18.1 Å². The number of carbonyl (C=O) groups excluding carboxylic acids is 2. The number of aldehydes is 1. The van der Waals surface area contributed by atoms with Crippen molar-refractivity contribution in [3.05, 3.63) is 45.1 Å². The number of anilines is 2. The van der Waals surface area contributed by atoms with Crippen molar-refractivity contribution in [1.29, 1.82) is 0 Å². The Kier molecular flexibility index (Phi) is 30.0. The third-order valence-corrected chi connectivity index (χ3v) is 10.5. The van der Waals surface area contributed by atoms with Crippen molar-refractivity contribution in [1.82, 2.24) is 9.80 Å². The number of hydrogen-bond donors (Lipinski definition) is 2. The van der Waals surface area contributed by atoms with E-state index in [2.05, 4.69) is 55.7 Å². The second kappa shape index (κ2) is 31.6. The summed E-state index contributed by atoms with van der Waals surface area (Å²) in [4.78, 5) is 27.5. The molecule has 302 valence electrons. The molecule has 1 aromatic carbocycles. The van der Waals surface area contributed by atoms with Gasteiger partial charge in [-0.3, -0.25) is 9.69 Å². The molecule has 4 rings (SSSR count). The quantitative estimate of drug-likeness (QED) is 0.0864. The van der Waals surface area contributed by atoms with Crippen molar-refractivity contribution in [3.8, 4) is 12.3 Å². The fourth-order valence-corrected chi connectivity index (χ4v) is 7.12. The van der Waals surface area contributed by atoms with Crippen LogP contribution in [0.4, 0.5) is 11.4 Å². The zero-order valence-electron chi connectivity index (χ0n) is 35.5. The maximum absolute atomic E-state index is 11.3. The first-order valence-electron chi connectivity index (χ1n) is 20.7. The summed E-state index contributed by atoms with van der Waals surface area (Å²) >= 11 is 1.69. The van der Waals surface area contributed by atoms with Gasteiger partial charge in [-0.05, 0) is 125 Å². The molecule has 2 saturated heterocycles. The predicted octanol–water partition coefficient (Wildman–Crippen LogP) is 10.9. The summed E-state index contributed by atoms with van der Waals surface area (Å²) in [6.07, 6.45) is 21.0. The van der Waals surface area contributed by atoms with Crippen molar-refractivity contribution < 1.29 is 14.3 Å². The van der Waals surface area contributed by atoms with Gasteiger partial charge < -0.3 is 25.5 Å². The van der Waals surface area contributed by atoms with E-state index < -0.39 is 0 Å². The summed E-state index contributed by atoms with van der Waals surface area (Å²) in [6, 6.07) is 6.80. The van der Waals surface area contributed by atoms with Crippen LogP contribution in [0, 0.1) is 38.0 Å². The first-order chi connectivity index (χ1) is 25.5. The van der Waals surface area contributed by atoms with Crippen LogP contribution in [0.5, 0.6) is 0 Å². The van der Waals surface area contributed by atoms with Crippen molar-refractivity contribution in [2.45, 2.75) is 152 Å². The Morgan fingerprint density at radius 1 is 1.04 bits per heavy atom. The van der Waals surface area contributed by atoms with Crippen molar-refractivity contribution in [2.75, 3.05) is 50.6 Å². The molecule has 0 aliphatic carbocycles. The van der Waals surface area contributed by atoms with Crippen LogP contribution in [0.1, 0.15) is 148 Å². The number of nitrogens with two attached hydrogens (primary N) is 1. The highest BCUT2D eigenvalue weighted by atomic mass is 32.1. The van der Waals surface area contributed by atoms with E-state index in [9.17, 15) is 9.59 Å². The lowest BCUT2D eigenvalue weighted by Crippen LogP contribution is -2.39. The molecule has 0 bridgehead atoms. The Balaban J connectivity index is 0.000000673. The molecule has 1 amide bonds. The van der Waals surface area contributed by atoms with Crippen molar-refractivity contribution in [3.63, 3.8) is 0 Å². The number of terminal acetylenes is 1. The van der Waals surface area contributed by atoms with Gasteiger partial charge in [0.2, 0.25) is 5.91 Å². The van der Waals surface area contributed by atoms with Crippen LogP contribution in [-0.2, 0) is 20.7 Å². The van der Waals surface area contributed by atoms with Crippen LogP contribution < -0.4 is 11.1 Å². The third kappa shape index (κ3) is 23.0. The first-order valence-corrected chi connectivity index (χ1v) is 21.5. The molecule has 0 spiro atoms. The molecule has 8 heteroatoms. The van der Waals surface area contributed by atoms with Crippen LogP contribution in [-0.4, -0.2) is 67.6 Å². The number of thiophene rings is 1. The van der Waals surface area contributed by atoms with Gasteiger partial charge in [-0.15, -0.1) is 17.8 Å². The molecule has 0 saturated carbocycles. The predicted molar refractivity (Wildman–Crippen MR) is 232 cm³/mol. The lowest BCUT2D eigenvalue weighted by molar-refractivity contribution is -0.116. The van der Waals surface area contributed by atoms with Gasteiger partial charge in [0.1, 0.15) is 12.9 Å². The van der Waals surface area contributed by atoms with E-state index in [1.54, 1.807) is 11.3 Å². The fraction of sp³-hybridized carbons (Fsp3) is 0.689. The number of aryl methyl sites for hydroxylation is 3. The fourth-order valence-electron chi connectivity index (χ4n) is 6.34. The average Bonchev–Trinajstić information content (AvgIpc) is 3.61. The summed E-state index contributed by atoms with van der Waals surface area (Å²) < 4.78 is 5.12. The SMILES string of the molecule is C#Cc1cc(C)cc(C)c1N.CC.CC1CCN(COCC=O)CC1.CCCC(=O)Nc1ccsc1CC.CCCC(CCC(C)C)N1CCCCC1. The Labute approximate surface area is 330 Å².